The zero-order chi connectivity index (χ0) is 12.4. The molecule has 0 saturated heterocycles. The minimum absolute atomic E-state index is 0.565. The van der Waals surface area contributed by atoms with Gasteiger partial charge in [-0.2, -0.15) is 9.78 Å². The summed E-state index contributed by atoms with van der Waals surface area (Å²) < 4.78 is 1.25. The van der Waals surface area contributed by atoms with Gasteiger partial charge in [-0.05, 0) is 31.0 Å². The molecular formula is C13H13ClN2O. The molecule has 3 nitrogen and oxygen atoms in total. The predicted molar refractivity (Wildman–Crippen MR) is 67.6 cm³/mol. The van der Waals surface area contributed by atoms with E-state index in [2.05, 4.69) is 17.2 Å². The molecule has 4 heteroatoms. The smallest absolute Gasteiger partial charge is 0.253 e. The fourth-order valence-corrected chi connectivity index (χ4v) is 2.07. The first-order chi connectivity index (χ1) is 8.09. The van der Waals surface area contributed by atoms with Gasteiger partial charge in [-0.15, -0.1) is 0 Å². The summed E-state index contributed by atoms with van der Waals surface area (Å²) in [7, 11) is 0. The van der Waals surface area contributed by atoms with Crippen molar-refractivity contribution in [3.05, 3.63) is 52.8 Å². The maximum atomic E-state index is 11.2. The number of hydrogen-bond donors (Lipinski definition) is 0. The van der Waals surface area contributed by atoms with E-state index in [1.54, 1.807) is 0 Å². The summed E-state index contributed by atoms with van der Waals surface area (Å²) in [5, 5.41) is 3.58. The number of benzene rings is 1. The summed E-state index contributed by atoms with van der Waals surface area (Å²) in [5.74, 6) is 0. The third kappa shape index (κ3) is 2.39. The van der Waals surface area contributed by atoms with Gasteiger partial charge in [0.05, 0.1) is 5.69 Å². The van der Waals surface area contributed by atoms with Crippen LogP contribution in [-0.4, -0.2) is 15.1 Å². The van der Waals surface area contributed by atoms with E-state index < -0.39 is 5.37 Å². The van der Waals surface area contributed by atoms with Crippen LogP contribution in [0.2, 0.25) is 0 Å². The number of carbonyl (C=O) groups excluding carboxylic acids is 1. The van der Waals surface area contributed by atoms with E-state index >= 15 is 0 Å². The standard InChI is InChI=1S/C13H13ClN2O/c1-9-12(8-11-6-4-3-5-7-11)10(2)16(15-9)13(14)17/h3-7H,8H2,1-2H3. The van der Waals surface area contributed by atoms with Gasteiger partial charge in [0.2, 0.25) is 0 Å². The fraction of sp³-hybridized carbons (Fsp3) is 0.231. The van der Waals surface area contributed by atoms with Gasteiger partial charge in [0.15, 0.2) is 0 Å². The quantitative estimate of drug-likeness (QED) is 0.765. The third-order valence-electron chi connectivity index (χ3n) is 2.83. The van der Waals surface area contributed by atoms with Gasteiger partial charge < -0.3 is 0 Å². The predicted octanol–water partition coefficient (Wildman–Crippen LogP) is 3.30. The van der Waals surface area contributed by atoms with Crippen molar-refractivity contribution in [3.8, 4) is 0 Å². The number of carbonyl (C=O) groups is 1. The third-order valence-corrected chi connectivity index (χ3v) is 2.99. The number of halogens is 1. The minimum atomic E-state index is -0.565. The number of aryl methyl sites for hydroxylation is 1. The summed E-state index contributed by atoms with van der Waals surface area (Å²) in [6, 6.07) is 10.1. The Balaban J connectivity index is 2.37. The maximum Gasteiger partial charge on any atom is 0.341 e. The summed E-state index contributed by atoms with van der Waals surface area (Å²) in [6.07, 6.45) is 0.767. The van der Waals surface area contributed by atoms with E-state index in [1.807, 2.05) is 32.0 Å². The Labute approximate surface area is 105 Å². The number of nitrogens with zero attached hydrogens (tertiary/aromatic N) is 2. The highest BCUT2D eigenvalue weighted by Gasteiger charge is 2.14. The highest BCUT2D eigenvalue weighted by molar-refractivity contribution is 6.63. The van der Waals surface area contributed by atoms with Crippen molar-refractivity contribution >= 4 is 17.0 Å². The molecule has 1 aromatic carbocycles. The normalized spacial score (nSPS) is 10.5. The Morgan fingerprint density at radius 1 is 1.29 bits per heavy atom. The van der Waals surface area contributed by atoms with E-state index in [4.69, 9.17) is 11.6 Å². The molecule has 0 bridgehead atoms. The van der Waals surface area contributed by atoms with Gasteiger partial charge in [-0.25, -0.2) is 0 Å². The monoisotopic (exact) mass is 248 g/mol. The first-order valence-corrected chi connectivity index (χ1v) is 5.76. The lowest BCUT2D eigenvalue weighted by Crippen LogP contribution is -2.06. The van der Waals surface area contributed by atoms with Gasteiger partial charge >= 0.3 is 5.37 Å². The molecule has 0 N–H and O–H groups in total. The molecule has 88 valence electrons. The van der Waals surface area contributed by atoms with Gasteiger partial charge in [-0.3, -0.25) is 4.79 Å². The highest BCUT2D eigenvalue weighted by Crippen LogP contribution is 2.18. The van der Waals surface area contributed by atoms with Crippen molar-refractivity contribution in [1.82, 2.24) is 9.78 Å². The average molecular weight is 249 g/mol. The van der Waals surface area contributed by atoms with Crippen molar-refractivity contribution in [2.45, 2.75) is 20.3 Å². The van der Waals surface area contributed by atoms with Gasteiger partial charge in [0, 0.05) is 17.7 Å². The topological polar surface area (TPSA) is 34.9 Å². The van der Waals surface area contributed by atoms with Gasteiger partial charge in [0.1, 0.15) is 0 Å². The molecule has 2 aromatic rings. The van der Waals surface area contributed by atoms with E-state index in [-0.39, 0.29) is 0 Å². The van der Waals surface area contributed by atoms with E-state index in [0.29, 0.717) is 0 Å². The zero-order valence-corrected chi connectivity index (χ0v) is 10.5. The lowest BCUT2D eigenvalue weighted by Gasteiger charge is -2.02. The largest absolute Gasteiger partial charge is 0.341 e. The van der Waals surface area contributed by atoms with Crippen LogP contribution in [0.1, 0.15) is 22.5 Å². The first-order valence-electron chi connectivity index (χ1n) is 5.38. The zero-order valence-electron chi connectivity index (χ0n) is 9.77. The van der Waals surface area contributed by atoms with Crippen LogP contribution in [0.4, 0.5) is 4.79 Å². The lowest BCUT2D eigenvalue weighted by molar-refractivity contribution is 0.258. The van der Waals surface area contributed by atoms with Crippen LogP contribution >= 0.6 is 11.6 Å². The molecule has 1 heterocycles. The van der Waals surface area contributed by atoms with E-state index in [9.17, 15) is 4.79 Å². The second kappa shape index (κ2) is 4.72. The molecule has 17 heavy (non-hydrogen) atoms. The van der Waals surface area contributed by atoms with Crippen LogP contribution < -0.4 is 0 Å². The van der Waals surface area contributed by atoms with E-state index in [1.165, 1.54) is 10.2 Å². The van der Waals surface area contributed by atoms with Crippen LogP contribution in [-0.2, 0) is 6.42 Å². The van der Waals surface area contributed by atoms with E-state index in [0.717, 1.165) is 23.4 Å². The van der Waals surface area contributed by atoms with Crippen molar-refractivity contribution in [2.24, 2.45) is 0 Å². The molecule has 0 atom stereocenters. The molecular weight excluding hydrogens is 236 g/mol. The molecule has 0 spiro atoms. The molecule has 1 aromatic heterocycles. The first kappa shape index (κ1) is 11.9. The van der Waals surface area contributed by atoms with Crippen molar-refractivity contribution in [3.63, 3.8) is 0 Å². The molecule has 0 aliphatic heterocycles. The van der Waals surface area contributed by atoms with Crippen LogP contribution in [0, 0.1) is 13.8 Å². The molecule has 0 aliphatic carbocycles. The SMILES string of the molecule is Cc1nn(C(=O)Cl)c(C)c1Cc1ccccc1. The molecule has 0 fully saturated rings. The Hall–Kier alpha value is -1.61. The highest BCUT2D eigenvalue weighted by atomic mass is 35.5. The van der Waals surface area contributed by atoms with Crippen LogP contribution in [0.5, 0.6) is 0 Å². The van der Waals surface area contributed by atoms with Gasteiger partial charge in [-0.1, -0.05) is 30.3 Å². The molecule has 0 radical (unpaired) electrons. The number of hydrogen-bond acceptors (Lipinski definition) is 2. The number of aromatic nitrogens is 2. The lowest BCUT2D eigenvalue weighted by atomic mass is 10.0. The number of rotatable bonds is 2. The van der Waals surface area contributed by atoms with Crippen molar-refractivity contribution in [1.29, 1.82) is 0 Å². The second-order valence-corrected chi connectivity index (χ2v) is 4.30. The Morgan fingerprint density at radius 2 is 1.94 bits per heavy atom. The molecule has 2 rings (SSSR count). The second-order valence-electron chi connectivity index (χ2n) is 3.98. The Morgan fingerprint density at radius 3 is 2.47 bits per heavy atom. The summed E-state index contributed by atoms with van der Waals surface area (Å²) in [4.78, 5) is 11.2. The summed E-state index contributed by atoms with van der Waals surface area (Å²) in [6.45, 7) is 3.75. The van der Waals surface area contributed by atoms with Crippen LogP contribution in [0.15, 0.2) is 30.3 Å². The van der Waals surface area contributed by atoms with Crippen molar-refractivity contribution in [2.75, 3.05) is 0 Å². The minimum Gasteiger partial charge on any atom is -0.253 e. The Kier molecular flexibility index (Phi) is 3.29. The van der Waals surface area contributed by atoms with Gasteiger partial charge in [0.25, 0.3) is 0 Å². The maximum absolute atomic E-state index is 11.2. The van der Waals surface area contributed by atoms with Crippen LogP contribution in [0.25, 0.3) is 0 Å². The van der Waals surface area contributed by atoms with Crippen molar-refractivity contribution < 1.29 is 4.79 Å². The Bertz CT molecular complexity index is 546. The average Bonchev–Trinajstić information content (AvgIpc) is 2.58. The molecule has 0 saturated carbocycles. The fourth-order valence-electron chi connectivity index (χ4n) is 1.90. The van der Waals surface area contributed by atoms with Crippen LogP contribution in [0.3, 0.4) is 0 Å². The summed E-state index contributed by atoms with van der Waals surface area (Å²) in [5.41, 5.74) is 3.91. The summed E-state index contributed by atoms with van der Waals surface area (Å²) >= 11 is 5.46. The molecule has 0 aliphatic rings. The molecule has 0 amide bonds. The molecule has 0 unspecified atom stereocenters.